The summed E-state index contributed by atoms with van der Waals surface area (Å²) in [4.78, 5) is 35.1. The van der Waals surface area contributed by atoms with Crippen LogP contribution in [-0.2, 0) is 20.7 Å². The molecule has 0 amide bonds. The summed E-state index contributed by atoms with van der Waals surface area (Å²) in [6, 6.07) is 12.1. The number of nitro groups is 1. The largest absolute Gasteiger partial charge is 0.463 e. The number of hydrogen-bond donors (Lipinski definition) is 1. The third kappa shape index (κ3) is 7.13. The Bertz CT molecular complexity index is 1090. The predicted molar refractivity (Wildman–Crippen MR) is 123 cm³/mol. The lowest BCUT2D eigenvalue weighted by Gasteiger charge is -2.15. The number of esters is 1. The highest BCUT2D eigenvalue weighted by molar-refractivity contribution is 7.99. The first-order valence-corrected chi connectivity index (χ1v) is 11.3. The Hall–Kier alpha value is -3.24. The number of aromatic nitrogens is 3. The number of nitro benzene ring substituents is 1. The number of non-ortho nitro benzene ring substituents is 1. The molecule has 1 N–H and O–H groups in total. The van der Waals surface area contributed by atoms with Gasteiger partial charge in [0, 0.05) is 42.3 Å². The molecule has 3 aromatic rings. The van der Waals surface area contributed by atoms with Gasteiger partial charge < -0.3 is 14.5 Å². The van der Waals surface area contributed by atoms with Crippen LogP contribution in [0.2, 0.25) is 0 Å². The Kier molecular flexibility index (Phi) is 8.56. The fraction of sp³-hybridized carbons (Fsp3) is 0.348. The third-order valence-corrected chi connectivity index (χ3v) is 5.65. The van der Waals surface area contributed by atoms with Crippen LogP contribution in [0, 0.1) is 10.1 Å². The first-order chi connectivity index (χ1) is 15.8. The van der Waals surface area contributed by atoms with Crippen LogP contribution in [0.5, 0.6) is 0 Å². The summed E-state index contributed by atoms with van der Waals surface area (Å²) in [5, 5.41) is 11.9. The molecule has 1 aromatic carbocycles. The summed E-state index contributed by atoms with van der Waals surface area (Å²) >= 11 is 1.39. The van der Waals surface area contributed by atoms with E-state index in [4.69, 9.17) is 14.5 Å². The highest BCUT2D eigenvalue weighted by Gasteiger charge is 2.23. The monoisotopic (exact) mass is 470 g/mol. The molecule has 2 heterocycles. The molecule has 10 heteroatoms. The maximum Gasteiger partial charge on any atom is 0.302 e. The van der Waals surface area contributed by atoms with E-state index in [-0.39, 0.29) is 30.8 Å². The van der Waals surface area contributed by atoms with Gasteiger partial charge in [-0.15, -0.1) is 0 Å². The number of benzene rings is 1. The summed E-state index contributed by atoms with van der Waals surface area (Å²) in [6.07, 6.45) is 1.76. The lowest BCUT2D eigenvalue weighted by atomic mass is 10.1. The normalized spacial score (nSPS) is 12.0. The van der Waals surface area contributed by atoms with Crippen molar-refractivity contribution in [3.8, 4) is 0 Å². The second-order valence-electron chi connectivity index (χ2n) is 7.57. The fourth-order valence-electron chi connectivity index (χ4n) is 3.11. The molecule has 1 unspecified atom stereocenters. The number of H-pyrrole nitrogens is 1. The number of carbonyl (C=O) groups excluding carboxylic acids is 1. The minimum atomic E-state index is -0.438. The van der Waals surface area contributed by atoms with Gasteiger partial charge in [0.25, 0.3) is 5.69 Å². The summed E-state index contributed by atoms with van der Waals surface area (Å²) in [5.41, 5.74) is 1.72. The van der Waals surface area contributed by atoms with Crippen molar-refractivity contribution in [2.45, 2.75) is 49.1 Å². The van der Waals surface area contributed by atoms with Crippen LogP contribution >= 0.6 is 11.8 Å². The second-order valence-corrected chi connectivity index (χ2v) is 8.66. The van der Waals surface area contributed by atoms with Crippen molar-refractivity contribution >= 4 is 23.4 Å². The summed E-state index contributed by atoms with van der Waals surface area (Å²) in [5.74, 6) is 0.378. The Balaban J connectivity index is 1.86. The molecule has 2 aromatic heterocycles. The van der Waals surface area contributed by atoms with Crippen molar-refractivity contribution in [1.29, 1.82) is 0 Å². The molecule has 1 atom stereocenters. The molecule has 0 fully saturated rings. The summed E-state index contributed by atoms with van der Waals surface area (Å²) in [6.45, 7) is 5.77. The average Bonchev–Trinajstić information content (AvgIpc) is 3.20. The lowest BCUT2D eigenvalue weighted by Crippen LogP contribution is -2.15. The standard InChI is InChI=1S/C23H26N4O5S/c1-15(2)21-23(33-19-9-6-8-18(14-19)27(29)30)26-22(25-21)20(32-12-11-31-16(3)28)13-17-7-4-5-10-24-17/h4-10,14-15,20H,11-13H2,1-3H3,(H,25,26). The molecule has 9 nitrogen and oxygen atoms in total. The van der Waals surface area contributed by atoms with Gasteiger partial charge in [-0.1, -0.05) is 37.7 Å². The van der Waals surface area contributed by atoms with E-state index < -0.39 is 11.0 Å². The number of nitrogens with one attached hydrogen (secondary N) is 1. The van der Waals surface area contributed by atoms with E-state index in [0.29, 0.717) is 12.2 Å². The topological polar surface area (TPSA) is 120 Å². The van der Waals surface area contributed by atoms with Gasteiger partial charge in [0.05, 0.1) is 17.2 Å². The molecule has 0 radical (unpaired) electrons. The SMILES string of the molecule is CC(=O)OCCOC(Cc1ccccn1)c1nc(C(C)C)c(Sc2cccc([N+](=O)[O-])c2)[nH]1. The van der Waals surface area contributed by atoms with Crippen molar-refractivity contribution in [2.75, 3.05) is 13.2 Å². The number of pyridine rings is 1. The highest BCUT2D eigenvalue weighted by atomic mass is 32.2. The molecule has 3 rings (SSSR count). The van der Waals surface area contributed by atoms with Gasteiger partial charge in [0.2, 0.25) is 0 Å². The summed E-state index contributed by atoms with van der Waals surface area (Å²) in [7, 11) is 0. The maximum atomic E-state index is 11.1. The molecule has 0 spiro atoms. The average molecular weight is 471 g/mol. The number of carbonyl (C=O) groups is 1. The molecule has 0 bridgehead atoms. The minimum absolute atomic E-state index is 0.0349. The maximum absolute atomic E-state index is 11.1. The Morgan fingerprint density at radius 1 is 1.21 bits per heavy atom. The molecule has 0 aliphatic heterocycles. The lowest BCUT2D eigenvalue weighted by molar-refractivity contribution is -0.385. The molecule has 174 valence electrons. The zero-order valence-corrected chi connectivity index (χ0v) is 19.5. The first kappa shape index (κ1) is 24.4. The van der Waals surface area contributed by atoms with E-state index in [1.165, 1.54) is 30.8 Å². The number of hydrogen-bond acceptors (Lipinski definition) is 8. The van der Waals surface area contributed by atoms with Crippen LogP contribution < -0.4 is 0 Å². The number of aromatic amines is 1. The van der Waals surface area contributed by atoms with Gasteiger partial charge in [-0.3, -0.25) is 19.9 Å². The van der Waals surface area contributed by atoms with Crippen LogP contribution in [0.15, 0.2) is 58.6 Å². The molecular weight excluding hydrogens is 444 g/mol. The zero-order valence-electron chi connectivity index (χ0n) is 18.7. The molecule has 33 heavy (non-hydrogen) atoms. The van der Waals surface area contributed by atoms with Gasteiger partial charge >= 0.3 is 5.97 Å². The van der Waals surface area contributed by atoms with Crippen molar-refractivity contribution < 1.29 is 19.2 Å². The second kappa shape index (κ2) is 11.6. The smallest absolute Gasteiger partial charge is 0.302 e. The van der Waals surface area contributed by atoms with Crippen molar-refractivity contribution in [3.05, 3.63) is 76.0 Å². The van der Waals surface area contributed by atoms with Gasteiger partial charge in [-0.2, -0.15) is 0 Å². The van der Waals surface area contributed by atoms with Crippen LogP contribution in [0.3, 0.4) is 0 Å². The van der Waals surface area contributed by atoms with E-state index >= 15 is 0 Å². The van der Waals surface area contributed by atoms with Gasteiger partial charge in [0.1, 0.15) is 23.6 Å². The fourth-order valence-corrected chi connectivity index (χ4v) is 4.21. The van der Waals surface area contributed by atoms with E-state index in [9.17, 15) is 14.9 Å². The number of nitrogens with zero attached hydrogens (tertiary/aromatic N) is 3. The minimum Gasteiger partial charge on any atom is -0.463 e. The molecular formula is C23H26N4O5S. The van der Waals surface area contributed by atoms with E-state index in [2.05, 4.69) is 9.97 Å². The predicted octanol–water partition coefficient (Wildman–Crippen LogP) is 4.85. The summed E-state index contributed by atoms with van der Waals surface area (Å²) < 4.78 is 11.0. The molecule has 0 saturated carbocycles. The van der Waals surface area contributed by atoms with Crippen LogP contribution in [-0.4, -0.2) is 39.1 Å². The van der Waals surface area contributed by atoms with Crippen molar-refractivity contribution in [2.24, 2.45) is 0 Å². The van der Waals surface area contributed by atoms with E-state index in [1.807, 2.05) is 38.1 Å². The Morgan fingerprint density at radius 2 is 2.03 bits per heavy atom. The van der Waals surface area contributed by atoms with E-state index in [0.717, 1.165) is 21.3 Å². The van der Waals surface area contributed by atoms with Gasteiger partial charge in [0.15, 0.2) is 0 Å². The first-order valence-electron chi connectivity index (χ1n) is 10.5. The van der Waals surface area contributed by atoms with E-state index in [1.54, 1.807) is 12.3 Å². The third-order valence-electron chi connectivity index (χ3n) is 4.64. The number of rotatable bonds is 11. The quantitative estimate of drug-likeness (QED) is 0.183. The number of imidazole rings is 1. The number of ether oxygens (including phenoxy) is 2. The van der Waals surface area contributed by atoms with Crippen LogP contribution in [0.1, 0.15) is 50.0 Å². The molecule has 0 saturated heterocycles. The van der Waals surface area contributed by atoms with Crippen molar-refractivity contribution in [3.63, 3.8) is 0 Å². The van der Waals surface area contributed by atoms with Crippen molar-refractivity contribution in [1.82, 2.24) is 15.0 Å². The Morgan fingerprint density at radius 3 is 2.70 bits per heavy atom. The Labute approximate surface area is 196 Å². The van der Waals surface area contributed by atoms with Crippen LogP contribution in [0.4, 0.5) is 5.69 Å². The van der Waals surface area contributed by atoms with Gasteiger partial charge in [-0.25, -0.2) is 4.98 Å². The van der Waals surface area contributed by atoms with Gasteiger partial charge in [-0.05, 0) is 24.1 Å². The molecule has 0 aliphatic carbocycles. The zero-order chi connectivity index (χ0) is 23.8. The highest BCUT2D eigenvalue weighted by Crippen LogP contribution is 2.35. The van der Waals surface area contributed by atoms with Crippen LogP contribution in [0.25, 0.3) is 0 Å². The molecule has 0 aliphatic rings.